The maximum absolute atomic E-state index is 5.76. The molecule has 1 heterocycles. The third-order valence-electron chi connectivity index (χ3n) is 3.39. The average Bonchev–Trinajstić information content (AvgIpc) is 2.83. The minimum Gasteiger partial charge on any atom is -0.325 e. The molecular weight excluding hydrogens is 248 g/mol. The highest BCUT2D eigenvalue weighted by Gasteiger charge is 2.24. The van der Waals surface area contributed by atoms with Gasteiger partial charge in [-0.25, -0.2) is 4.68 Å². The molecule has 0 aliphatic heterocycles. The fourth-order valence-electron chi connectivity index (χ4n) is 2.54. The van der Waals surface area contributed by atoms with Gasteiger partial charge in [-0.2, -0.15) is 0 Å². The van der Waals surface area contributed by atoms with Crippen molar-refractivity contribution in [1.29, 1.82) is 0 Å². The Bertz CT molecular complexity index is 537. The molecule has 0 amide bonds. The molecule has 2 N–H and O–H groups in total. The van der Waals surface area contributed by atoms with E-state index in [1.807, 2.05) is 10.7 Å². The first kappa shape index (κ1) is 14.7. The fourth-order valence-corrected chi connectivity index (χ4v) is 2.54. The number of aryl methyl sites for hydroxylation is 2. The summed E-state index contributed by atoms with van der Waals surface area (Å²) in [4.78, 5) is 0. The molecule has 2 rings (SSSR count). The quantitative estimate of drug-likeness (QED) is 0.910. The maximum Gasteiger partial charge on any atom is 0.1000 e. The Morgan fingerprint density at radius 3 is 2.45 bits per heavy atom. The van der Waals surface area contributed by atoms with Crippen LogP contribution in [-0.4, -0.2) is 15.0 Å². The lowest BCUT2D eigenvalue weighted by Gasteiger charge is -2.21. The number of hydrogen-bond acceptors (Lipinski definition) is 3. The van der Waals surface area contributed by atoms with Gasteiger partial charge in [0.25, 0.3) is 0 Å². The van der Waals surface area contributed by atoms with E-state index in [0.29, 0.717) is 6.54 Å². The van der Waals surface area contributed by atoms with Crippen molar-refractivity contribution >= 4 is 0 Å². The second-order valence-electron chi connectivity index (χ2n) is 6.15. The predicted octanol–water partition coefficient (Wildman–Crippen LogP) is 2.67. The summed E-state index contributed by atoms with van der Waals surface area (Å²) in [5, 5.41) is 8.49. The van der Waals surface area contributed by atoms with Gasteiger partial charge in [-0.15, -0.1) is 5.10 Å². The Labute approximate surface area is 121 Å². The topological polar surface area (TPSA) is 56.7 Å². The number of benzene rings is 1. The van der Waals surface area contributed by atoms with Crippen LogP contribution >= 0.6 is 0 Å². The van der Waals surface area contributed by atoms with E-state index in [-0.39, 0.29) is 5.41 Å². The number of nitrogens with two attached hydrogens (primary N) is 1. The Kier molecular flexibility index (Phi) is 4.55. The Balaban J connectivity index is 2.05. The SMILES string of the molecule is CC(C)(C)c1c(CN)nnn1CCCc1ccccc1. The Morgan fingerprint density at radius 2 is 1.85 bits per heavy atom. The van der Waals surface area contributed by atoms with Crippen LogP contribution < -0.4 is 5.73 Å². The normalized spacial score (nSPS) is 11.8. The molecule has 1 aromatic heterocycles. The van der Waals surface area contributed by atoms with Gasteiger partial charge < -0.3 is 5.73 Å². The molecule has 0 atom stereocenters. The van der Waals surface area contributed by atoms with Gasteiger partial charge in [-0.3, -0.25) is 0 Å². The van der Waals surface area contributed by atoms with Crippen LogP contribution in [0.15, 0.2) is 30.3 Å². The summed E-state index contributed by atoms with van der Waals surface area (Å²) >= 11 is 0. The van der Waals surface area contributed by atoms with Crippen molar-refractivity contribution in [2.45, 2.75) is 52.1 Å². The van der Waals surface area contributed by atoms with E-state index in [4.69, 9.17) is 5.73 Å². The third-order valence-corrected chi connectivity index (χ3v) is 3.39. The summed E-state index contributed by atoms with van der Waals surface area (Å²) in [6.07, 6.45) is 2.11. The van der Waals surface area contributed by atoms with Crippen LogP contribution in [0.1, 0.15) is 44.1 Å². The largest absolute Gasteiger partial charge is 0.325 e. The van der Waals surface area contributed by atoms with E-state index in [2.05, 4.69) is 55.3 Å². The van der Waals surface area contributed by atoms with E-state index in [1.54, 1.807) is 0 Å². The first-order valence-electron chi connectivity index (χ1n) is 7.19. The van der Waals surface area contributed by atoms with Gasteiger partial charge in [-0.1, -0.05) is 56.3 Å². The number of nitrogens with zero attached hydrogens (tertiary/aromatic N) is 3. The molecule has 0 aliphatic carbocycles. The molecule has 0 bridgehead atoms. The molecular formula is C16H24N4. The van der Waals surface area contributed by atoms with Crippen molar-refractivity contribution in [3.8, 4) is 0 Å². The fraction of sp³-hybridized carbons (Fsp3) is 0.500. The molecule has 4 nitrogen and oxygen atoms in total. The Hall–Kier alpha value is -1.68. The van der Waals surface area contributed by atoms with Crippen molar-refractivity contribution in [3.05, 3.63) is 47.3 Å². The molecule has 4 heteroatoms. The van der Waals surface area contributed by atoms with Crippen LogP contribution in [0.4, 0.5) is 0 Å². The highest BCUT2D eigenvalue weighted by atomic mass is 15.4. The van der Waals surface area contributed by atoms with Crippen LogP contribution in [0.5, 0.6) is 0 Å². The lowest BCUT2D eigenvalue weighted by atomic mass is 9.90. The minimum atomic E-state index is 0.0188. The first-order valence-corrected chi connectivity index (χ1v) is 7.19. The number of aromatic nitrogens is 3. The standard InChI is InChI=1S/C16H24N4/c1-16(2,3)15-14(12-17)18-19-20(15)11-7-10-13-8-5-4-6-9-13/h4-6,8-9H,7,10-12,17H2,1-3H3. The number of rotatable bonds is 5. The summed E-state index contributed by atoms with van der Waals surface area (Å²) < 4.78 is 2.02. The molecule has 0 radical (unpaired) electrons. The molecule has 0 aliphatic rings. The Morgan fingerprint density at radius 1 is 1.15 bits per heavy atom. The molecule has 2 aromatic rings. The monoisotopic (exact) mass is 272 g/mol. The lowest BCUT2D eigenvalue weighted by molar-refractivity contribution is 0.467. The van der Waals surface area contributed by atoms with Crippen molar-refractivity contribution in [1.82, 2.24) is 15.0 Å². The third kappa shape index (κ3) is 3.45. The number of hydrogen-bond donors (Lipinski definition) is 1. The van der Waals surface area contributed by atoms with Gasteiger partial charge in [0.1, 0.15) is 0 Å². The molecule has 20 heavy (non-hydrogen) atoms. The van der Waals surface area contributed by atoms with Crippen LogP contribution in [-0.2, 0) is 24.9 Å². The van der Waals surface area contributed by atoms with E-state index < -0.39 is 0 Å². The van der Waals surface area contributed by atoms with Crippen LogP contribution in [0.25, 0.3) is 0 Å². The summed E-state index contributed by atoms with van der Waals surface area (Å²) in [6, 6.07) is 10.5. The smallest absolute Gasteiger partial charge is 0.1000 e. The second-order valence-corrected chi connectivity index (χ2v) is 6.15. The second kappa shape index (κ2) is 6.18. The van der Waals surface area contributed by atoms with Crippen LogP contribution in [0.3, 0.4) is 0 Å². The molecule has 0 spiro atoms. The van der Waals surface area contributed by atoms with E-state index in [9.17, 15) is 0 Å². The van der Waals surface area contributed by atoms with Gasteiger partial charge in [0.05, 0.1) is 11.4 Å². The molecule has 0 fully saturated rings. The van der Waals surface area contributed by atoms with Crippen molar-refractivity contribution in [3.63, 3.8) is 0 Å². The molecule has 0 saturated carbocycles. The summed E-state index contributed by atoms with van der Waals surface area (Å²) in [6.45, 7) is 7.87. The zero-order valence-corrected chi connectivity index (χ0v) is 12.6. The van der Waals surface area contributed by atoms with Crippen LogP contribution in [0, 0.1) is 0 Å². The highest BCUT2D eigenvalue weighted by Crippen LogP contribution is 2.24. The van der Waals surface area contributed by atoms with Crippen molar-refractivity contribution in [2.24, 2.45) is 5.73 Å². The molecule has 0 saturated heterocycles. The average molecular weight is 272 g/mol. The molecule has 0 unspecified atom stereocenters. The zero-order valence-electron chi connectivity index (χ0n) is 12.6. The van der Waals surface area contributed by atoms with Gasteiger partial charge in [-0.05, 0) is 18.4 Å². The van der Waals surface area contributed by atoms with Gasteiger partial charge in [0.2, 0.25) is 0 Å². The van der Waals surface area contributed by atoms with Gasteiger partial charge in [0.15, 0.2) is 0 Å². The predicted molar refractivity (Wildman–Crippen MR) is 81.4 cm³/mol. The summed E-state index contributed by atoms with van der Waals surface area (Å²) in [5.41, 5.74) is 9.22. The lowest BCUT2D eigenvalue weighted by Crippen LogP contribution is -2.21. The molecule has 108 valence electrons. The van der Waals surface area contributed by atoms with Crippen LogP contribution in [0.2, 0.25) is 0 Å². The minimum absolute atomic E-state index is 0.0188. The summed E-state index contributed by atoms with van der Waals surface area (Å²) in [5.74, 6) is 0. The zero-order chi connectivity index (χ0) is 14.6. The first-order chi connectivity index (χ1) is 9.52. The van der Waals surface area contributed by atoms with Crippen molar-refractivity contribution < 1.29 is 0 Å². The highest BCUT2D eigenvalue weighted by molar-refractivity contribution is 5.19. The molecule has 1 aromatic carbocycles. The maximum atomic E-state index is 5.76. The van der Waals surface area contributed by atoms with Gasteiger partial charge >= 0.3 is 0 Å². The van der Waals surface area contributed by atoms with E-state index in [1.165, 1.54) is 5.56 Å². The summed E-state index contributed by atoms with van der Waals surface area (Å²) in [7, 11) is 0. The van der Waals surface area contributed by atoms with E-state index in [0.717, 1.165) is 30.8 Å². The van der Waals surface area contributed by atoms with Crippen molar-refractivity contribution in [2.75, 3.05) is 0 Å². The van der Waals surface area contributed by atoms with E-state index >= 15 is 0 Å². The van der Waals surface area contributed by atoms with Gasteiger partial charge in [0, 0.05) is 18.5 Å².